The maximum Gasteiger partial charge on any atom is 0.323 e. The van der Waals surface area contributed by atoms with Crippen LogP contribution < -0.4 is 0 Å². The van der Waals surface area contributed by atoms with E-state index < -0.39 is 21.2 Å². The van der Waals surface area contributed by atoms with Crippen LogP contribution >= 0.6 is 0 Å². The Labute approximate surface area is 88.9 Å². The van der Waals surface area contributed by atoms with Crippen LogP contribution in [0.15, 0.2) is 0 Å². The highest BCUT2D eigenvalue weighted by molar-refractivity contribution is 7.90. The molecule has 6 nitrogen and oxygen atoms in total. The van der Waals surface area contributed by atoms with E-state index in [0.717, 1.165) is 0 Å². The molecule has 2 atom stereocenters. The Morgan fingerprint density at radius 2 is 2.20 bits per heavy atom. The fourth-order valence-corrected chi connectivity index (χ4v) is 2.82. The molecule has 7 heteroatoms. The van der Waals surface area contributed by atoms with Gasteiger partial charge in [0, 0.05) is 13.1 Å². The highest BCUT2D eigenvalue weighted by Crippen LogP contribution is 2.14. The summed E-state index contributed by atoms with van der Waals surface area (Å²) in [6, 6.07) is 0. The second-order valence-electron chi connectivity index (χ2n) is 3.56. The van der Waals surface area contributed by atoms with Gasteiger partial charge >= 0.3 is 5.97 Å². The van der Waals surface area contributed by atoms with E-state index in [2.05, 4.69) is 0 Å². The van der Waals surface area contributed by atoms with Gasteiger partial charge < -0.3 is 9.84 Å². The van der Waals surface area contributed by atoms with E-state index >= 15 is 0 Å². The predicted molar refractivity (Wildman–Crippen MR) is 53.0 cm³/mol. The zero-order chi connectivity index (χ0) is 11.6. The van der Waals surface area contributed by atoms with Gasteiger partial charge in [-0.25, -0.2) is 8.42 Å². The van der Waals surface area contributed by atoms with Crippen molar-refractivity contribution in [3.63, 3.8) is 0 Å². The van der Waals surface area contributed by atoms with Gasteiger partial charge in [-0.3, -0.25) is 4.79 Å². The first-order valence-corrected chi connectivity index (χ1v) is 6.19. The largest absolute Gasteiger partial charge is 0.480 e. The molecule has 0 aliphatic carbocycles. The molecule has 1 saturated heterocycles. The minimum atomic E-state index is -3.74. The SMILES string of the molecule is CC1CN(S(=O)(=O)C(C)C(=O)O)CCO1. The third-order valence-corrected chi connectivity index (χ3v) is 4.50. The van der Waals surface area contributed by atoms with Crippen LogP contribution in [0.3, 0.4) is 0 Å². The van der Waals surface area contributed by atoms with E-state index in [-0.39, 0.29) is 19.2 Å². The van der Waals surface area contributed by atoms with Crippen molar-refractivity contribution in [2.45, 2.75) is 25.2 Å². The summed E-state index contributed by atoms with van der Waals surface area (Å²) in [6.07, 6.45) is -0.186. The van der Waals surface area contributed by atoms with Crippen molar-refractivity contribution < 1.29 is 23.1 Å². The highest BCUT2D eigenvalue weighted by Gasteiger charge is 2.35. The van der Waals surface area contributed by atoms with Crippen LogP contribution in [0.1, 0.15) is 13.8 Å². The molecule has 1 N–H and O–H groups in total. The standard InChI is InChI=1S/C8H15NO5S/c1-6-5-9(3-4-14-6)15(12,13)7(2)8(10)11/h6-7H,3-5H2,1-2H3,(H,10,11). The zero-order valence-corrected chi connectivity index (χ0v) is 9.53. The van der Waals surface area contributed by atoms with Gasteiger partial charge in [-0.15, -0.1) is 0 Å². The van der Waals surface area contributed by atoms with Crippen LogP contribution in [0.25, 0.3) is 0 Å². The fourth-order valence-electron chi connectivity index (χ4n) is 1.37. The number of hydrogen-bond acceptors (Lipinski definition) is 4. The van der Waals surface area contributed by atoms with Crippen LogP contribution in [-0.2, 0) is 19.6 Å². The van der Waals surface area contributed by atoms with Gasteiger partial charge in [0.2, 0.25) is 10.0 Å². The fraction of sp³-hybridized carbons (Fsp3) is 0.875. The molecule has 0 aromatic carbocycles. The second kappa shape index (κ2) is 4.46. The summed E-state index contributed by atoms with van der Waals surface area (Å²) >= 11 is 0. The Morgan fingerprint density at radius 3 is 2.67 bits per heavy atom. The molecular weight excluding hydrogens is 222 g/mol. The number of sulfonamides is 1. The van der Waals surface area contributed by atoms with Crippen molar-refractivity contribution in [2.75, 3.05) is 19.7 Å². The number of carbonyl (C=O) groups is 1. The molecule has 0 amide bonds. The molecule has 0 bridgehead atoms. The number of carboxylic acids is 1. The first-order valence-electron chi connectivity index (χ1n) is 4.69. The topological polar surface area (TPSA) is 83.9 Å². The van der Waals surface area contributed by atoms with Crippen molar-refractivity contribution in [3.05, 3.63) is 0 Å². The molecule has 0 aromatic rings. The van der Waals surface area contributed by atoms with Crippen molar-refractivity contribution in [3.8, 4) is 0 Å². The first kappa shape index (κ1) is 12.4. The van der Waals surface area contributed by atoms with E-state index in [1.807, 2.05) is 0 Å². The van der Waals surface area contributed by atoms with Crippen LogP contribution in [0.4, 0.5) is 0 Å². The van der Waals surface area contributed by atoms with Gasteiger partial charge in [0.05, 0.1) is 12.7 Å². The molecule has 0 saturated carbocycles. The van der Waals surface area contributed by atoms with Gasteiger partial charge in [-0.1, -0.05) is 0 Å². The molecule has 1 aliphatic heterocycles. The van der Waals surface area contributed by atoms with Crippen LogP contribution in [0.2, 0.25) is 0 Å². The lowest BCUT2D eigenvalue weighted by Gasteiger charge is -2.31. The van der Waals surface area contributed by atoms with Crippen molar-refractivity contribution >= 4 is 16.0 Å². The maximum atomic E-state index is 11.8. The van der Waals surface area contributed by atoms with Crippen LogP contribution in [0.5, 0.6) is 0 Å². The number of aliphatic carboxylic acids is 1. The average Bonchev–Trinajstić information content (AvgIpc) is 2.16. The summed E-state index contributed by atoms with van der Waals surface area (Å²) in [5.41, 5.74) is 0. The van der Waals surface area contributed by atoms with Crippen molar-refractivity contribution in [1.29, 1.82) is 0 Å². The summed E-state index contributed by atoms with van der Waals surface area (Å²) in [7, 11) is -3.74. The van der Waals surface area contributed by atoms with Crippen LogP contribution in [0, 0.1) is 0 Å². The Hall–Kier alpha value is -0.660. The molecule has 1 fully saturated rings. The third kappa shape index (κ3) is 2.67. The summed E-state index contributed by atoms with van der Waals surface area (Å²) in [4.78, 5) is 10.6. The minimum Gasteiger partial charge on any atom is -0.480 e. The number of morpholine rings is 1. The van der Waals surface area contributed by atoms with Gasteiger partial charge in [0.25, 0.3) is 0 Å². The van der Waals surface area contributed by atoms with Crippen molar-refractivity contribution in [2.24, 2.45) is 0 Å². The van der Waals surface area contributed by atoms with E-state index in [4.69, 9.17) is 9.84 Å². The molecule has 2 unspecified atom stereocenters. The normalized spacial score (nSPS) is 26.1. The molecule has 0 aromatic heterocycles. The zero-order valence-electron chi connectivity index (χ0n) is 8.71. The quantitative estimate of drug-likeness (QED) is 0.716. The van der Waals surface area contributed by atoms with Gasteiger partial charge in [0.1, 0.15) is 0 Å². The van der Waals surface area contributed by atoms with Gasteiger partial charge in [-0.2, -0.15) is 4.31 Å². The number of rotatable bonds is 3. The summed E-state index contributed by atoms with van der Waals surface area (Å²) in [6.45, 7) is 3.70. The monoisotopic (exact) mass is 237 g/mol. The number of carboxylic acid groups (broad SMARTS) is 1. The lowest BCUT2D eigenvalue weighted by atomic mass is 10.3. The molecule has 1 heterocycles. The highest BCUT2D eigenvalue weighted by atomic mass is 32.2. The lowest BCUT2D eigenvalue weighted by Crippen LogP contribution is -2.49. The van der Waals surface area contributed by atoms with Crippen LogP contribution in [-0.4, -0.2) is 54.8 Å². The lowest BCUT2D eigenvalue weighted by molar-refractivity contribution is -0.136. The second-order valence-corrected chi connectivity index (χ2v) is 5.82. The molecule has 1 rings (SSSR count). The van der Waals surface area contributed by atoms with E-state index in [1.54, 1.807) is 6.92 Å². The molecule has 0 radical (unpaired) electrons. The molecule has 0 spiro atoms. The number of ether oxygens (including phenoxy) is 1. The average molecular weight is 237 g/mol. The minimum absolute atomic E-state index is 0.186. The van der Waals surface area contributed by atoms with Crippen molar-refractivity contribution in [1.82, 2.24) is 4.31 Å². The van der Waals surface area contributed by atoms with Gasteiger partial charge in [0.15, 0.2) is 5.25 Å². The Morgan fingerprint density at radius 1 is 1.60 bits per heavy atom. The smallest absolute Gasteiger partial charge is 0.323 e. The summed E-state index contributed by atoms with van der Waals surface area (Å²) in [5, 5.41) is 7.28. The molecular formula is C8H15NO5S. The Kier molecular flexibility index (Phi) is 3.69. The number of hydrogen-bond donors (Lipinski definition) is 1. The van der Waals surface area contributed by atoms with E-state index in [9.17, 15) is 13.2 Å². The molecule has 15 heavy (non-hydrogen) atoms. The summed E-state index contributed by atoms with van der Waals surface area (Å²) in [5.74, 6) is -1.32. The third-order valence-electron chi connectivity index (χ3n) is 2.36. The Bertz CT molecular complexity index is 339. The van der Waals surface area contributed by atoms with Gasteiger partial charge in [-0.05, 0) is 13.8 Å². The summed E-state index contributed by atoms with van der Waals surface area (Å²) < 4.78 is 29.9. The first-order chi connectivity index (χ1) is 6.85. The van der Waals surface area contributed by atoms with E-state index in [0.29, 0.717) is 6.61 Å². The maximum absolute atomic E-state index is 11.8. The predicted octanol–water partition coefficient (Wildman–Crippen LogP) is -0.490. The van der Waals surface area contributed by atoms with E-state index in [1.165, 1.54) is 11.2 Å². The number of nitrogens with zero attached hydrogens (tertiary/aromatic N) is 1. The molecule has 88 valence electrons. The Balaban J connectivity index is 2.81. The molecule has 1 aliphatic rings.